The number of nitrogens with zero attached hydrogens (tertiary/aromatic N) is 2. The van der Waals surface area contributed by atoms with E-state index in [0.29, 0.717) is 24.5 Å². The Labute approximate surface area is 112 Å². The highest BCUT2D eigenvalue weighted by Crippen LogP contribution is 2.12. The van der Waals surface area contributed by atoms with E-state index in [2.05, 4.69) is 5.16 Å². The molecule has 2 N–H and O–H groups in total. The Morgan fingerprint density at radius 3 is 2.58 bits per heavy atom. The number of carbonyl (C=O) groups is 1. The van der Waals surface area contributed by atoms with Gasteiger partial charge < -0.3 is 15.2 Å². The fraction of sp³-hybridized carbons (Fsp3) is 0.286. The van der Waals surface area contributed by atoms with Crippen molar-refractivity contribution >= 4 is 11.6 Å². The summed E-state index contributed by atoms with van der Waals surface area (Å²) in [5, 5.41) is 3.73. The van der Waals surface area contributed by atoms with Crippen molar-refractivity contribution in [2.24, 2.45) is 0 Å². The summed E-state index contributed by atoms with van der Waals surface area (Å²) in [6.07, 6.45) is 0. The lowest BCUT2D eigenvalue weighted by Crippen LogP contribution is -2.30. The Kier molecular flexibility index (Phi) is 3.85. The first kappa shape index (κ1) is 13.1. The van der Waals surface area contributed by atoms with Crippen LogP contribution in [0.4, 0.5) is 5.69 Å². The van der Waals surface area contributed by atoms with Crippen LogP contribution in [0.2, 0.25) is 0 Å². The summed E-state index contributed by atoms with van der Waals surface area (Å²) in [7, 11) is 0. The van der Waals surface area contributed by atoms with Crippen LogP contribution < -0.4 is 5.73 Å². The maximum atomic E-state index is 12.2. The number of nitrogens with two attached hydrogens (primary N) is 1. The predicted molar refractivity (Wildman–Crippen MR) is 72.5 cm³/mol. The van der Waals surface area contributed by atoms with Crippen LogP contribution in [0.15, 0.2) is 34.9 Å². The van der Waals surface area contributed by atoms with Gasteiger partial charge in [-0.1, -0.05) is 17.3 Å². The Balaban J connectivity index is 2.11. The van der Waals surface area contributed by atoms with Crippen molar-refractivity contribution in [1.82, 2.24) is 10.1 Å². The lowest BCUT2D eigenvalue weighted by atomic mass is 10.2. The summed E-state index contributed by atoms with van der Waals surface area (Å²) in [4.78, 5) is 13.9. The van der Waals surface area contributed by atoms with Gasteiger partial charge >= 0.3 is 0 Å². The summed E-state index contributed by atoms with van der Waals surface area (Å²) >= 11 is 0. The van der Waals surface area contributed by atoms with Crippen LogP contribution >= 0.6 is 0 Å². The van der Waals surface area contributed by atoms with Crippen molar-refractivity contribution in [3.8, 4) is 0 Å². The summed E-state index contributed by atoms with van der Waals surface area (Å²) in [6, 6.07) is 9.13. The second kappa shape index (κ2) is 5.56. The monoisotopic (exact) mass is 259 g/mol. The molecule has 1 amide bonds. The van der Waals surface area contributed by atoms with Gasteiger partial charge in [0.15, 0.2) is 0 Å². The molecule has 0 aliphatic carbocycles. The third-order valence-electron chi connectivity index (χ3n) is 2.86. The number of amides is 1. The van der Waals surface area contributed by atoms with E-state index in [0.717, 1.165) is 5.56 Å². The number of hydrogen-bond acceptors (Lipinski definition) is 4. The van der Waals surface area contributed by atoms with Gasteiger partial charge in [-0.3, -0.25) is 4.79 Å². The highest BCUT2D eigenvalue weighted by atomic mass is 16.5. The zero-order valence-corrected chi connectivity index (χ0v) is 11.1. The average Bonchev–Trinajstić information content (AvgIpc) is 2.84. The van der Waals surface area contributed by atoms with Crippen LogP contribution in [-0.4, -0.2) is 22.5 Å². The van der Waals surface area contributed by atoms with E-state index in [1.807, 2.05) is 31.2 Å². The topological polar surface area (TPSA) is 72.4 Å². The lowest BCUT2D eigenvalue weighted by Gasteiger charge is -2.19. The third-order valence-corrected chi connectivity index (χ3v) is 2.86. The zero-order valence-electron chi connectivity index (χ0n) is 11.1. The molecule has 1 aromatic heterocycles. The SMILES string of the molecule is CCN(Cc1ccc(N)cc1)C(=O)c1cc(C)no1. The molecule has 0 radical (unpaired) electrons. The summed E-state index contributed by atoms with van der Waals surface area (Å²) < 4.78 is 5.00. The number of aromatic nitrogens is 1. The first-order valence-electron chi connectivity index (χ1n) is 6.17. The van der Waals surface area contributed by atoms with Crippen LogP contribution in [-0.2, 0) is 6.54 Å². The molecular formula is C14H17N3O2. The van der Waals surface area contributed by atoms with Gasteiger partial charge in [0, 0.05) is 24.8 Å². The molecule has 5 nitrogen and oxygen atoms in total. The maximum Gasteiger partial charge on any atom is 0.292 e. The van der Waals surface area contributed by atoms with Gasteiger partial charge in [-0.15, -0.1) is 0 Å². The lowest BCUT2D eigenvalue weighted by molar-refractivity contribution is 0.0710. The molecule has 1 aromatic carbocycles. The van der Waals surface area contributed by atoms with Crippen LogP contribution in [0.3, 0.4) is 0 Å². The Bertz CT molecular complexity index is 560. The molecule has 0 fully saturated rings. The minimum Gasteiger partial charge on any atom is -0.399 e. The van der Waals surface area contributed by atoms with Gasteiger partial charge in [-0.05, 0) is 31.5 Å². The highest BCUT2D eigenvalue weighted by Gasteiger charge is 2.18. The molecule has 2 aromatic rings. The van der Waals surface area contributed by atoms with Crippen LogP contribution in [0, 0.1) is 6.92 Å². The Morgan fingerprint density at radius 2 is 2.05 bits per heavy atom. The molecule has 0 spiro atoms. The quantitative estimate of drug-likeness (QED) is 0.854. The molecular weight excluding hydrogens is 242 g/mol. The molecule has 0 saturated carbocycles. The summed E-state index contributed by atoms with van der Waals surface area (Å²) in [6.45, 7) is 4.84. The predicted octanol–water partition coefficient (Wildman–Crippen LogP) is 2.23. The summed E-state index contributed by atoms with van der Waals surface area (Å²) in [5.41, 5.74) is 8.08. The van der Waals surface area contributed by atoms with Gasteiger partial charge in [0.05, 0.1) is 5.69 Å². The van der Waals surface area contributed by atoms with E-state index in [-0.39, 0.29) is 11.7 Å². The van der Waals surface area contributed by atoms with Gasteiger partial charge in [-0.25, -0.2) is 0 Å². The number of nitrogen functional groups attached to an aromatic ring is 1. The van der Waals surface area contributed by atoms with Gasteiger partial charge in [0.25, 0.3) is 5.91 Å². The van der Waals surface area contributed by atoms with Crippen LogP contribution in [0.5, 0.6) is 0 Å². The molecule has 19 heavy (non-hydrogen) atoms. The van der Waals surface area contributed by atoms with Crippen molar-refractivity contribution in [2.45, 2.75) is 20.4 Å². The number of aryl methyl sites for hydroxylation is 1. The molecule has 0 unspecified atom stereocenters. The normalized spacial score (nSPS) is 10.4. The number of anilines is 1. The minimum absolute atomic E-state index is 0.153. The largest absolute Gasteiger partial charge is 0.399 e. The van der Waals surface area contributed by atoms with E-state index in [4.69, 9.17) is 10.3 Å². The van der Waals surface area contributed by atoms with Crippen molar-refractivity contribution in [3.63, 3.8) is 0 Å². The number of hydrogen-bond donors (Lipinski definition) is 1. The second-order valence-corrected chi connectivity index (χ2v) is 4.39. The summed E-state index contributed by atoms with van der Waals surface area (Å²) in [5.74, 6) is 0.120. The highest BCUT2D eigenvalue weighted by molar-refractivity contribution is 5.91. The first-order chi connectivity index (χ1) is 9.10. The molecule has 0 saturated heterocycles. The van der Waals surface area contributed by atoms with Crippen LogP contribution in [0.1, 0.15) is 28.7 Å². The zero-order chi connectivity index (χ0) is 13.8. The molecule has 0 atom stereocenters. The van der Waals surface area contributed by atoms with Gasteiger partial charge in [-0.2, -0.15) is 0 Å². The molecule has 5 heteroatoms. The smallest absolute Gasteiger partial charge is 0.292 e. The van der Waals surface area contributed by atoms with Crippen molar-refractivity contribution in [1.29, 1.82) is 0 Å². The van der Waals surface area contributed by atoms with E-state index in [9.17, 15) is 4.79 Å². The molecule has 1 heterocycles. The second-order valence-electron chi connectivity index (χ2n) is 4.39. The van der Waals surface area contributed by atoms with Crippen molar-refractivity contribution < 1.29 is 9.32 Å². The maximum absolute atomic E-state index is 12.2. The minimum atomic E-state index is -0.153. The molecule has 0 bridgehead atoms. The number of rotatable bonds is 4. The fourth-order valence-corrected chi connectivity index (χ4v) is 1.79. The third kappa shape index (κ3) is 3.13. The standard InChI is InChI=1S/C14H17N3O2/c1-3-17(9-11-4-6-12(15)7-5-11)14(18)13-8-10(2)16-19-13/h4-8H,3,9,15H2,1-2H3. The van der Waals surface area contributed by atoms with Gasteiger partial charge in [0.2, 0.25) is 5.76 Å². The van der Waals surface area contributed by atoms with Crippen LogP contribution in [0.25, 0.3) is 0 Å². The van der Waals surface area contributed by atoms with Crippen molar-refractivity contribution in [3.05, 3.63) is 47.3 Å². The molecule has 100 valence electrons. The first-order valence-corrected chi connectivity index (χ1v) is 6.17. The van der Waals surface area contributed by atoms with E-state index in [1.165, 1.54) is 0 Å². The molecule has 0 aliphatic rings. The molecule has 2 rings (SSSR count). The van der Waals surface area contributed by atoms with Crippen molar-refractivity contribution in [2.75, 3.05) is 12.3 Å². The number of benzene rings is 1. The average molecular weight is 259 g/mol. The molecule has 0 aliphatic heterocycles. The van der Waals surface area contributed by atoms with Gasteiger partial charge in [0.1, 0.15) is 0 Å². The van der Waals surface area contributed by atoms with E-state index < -0.39 is 0 Å². The Morgan fingerprint density at radius 1 is 1.37 bits per heavy atom. The fourth-order valence-electron chi connectivity index (χ4n) is 1.79. The van der Waals surface area contributed by atoms with E-state index >= 15 is 0 Å². The van der Waals surface area contributed by atoms with E-state index in [1.54, 1.807) is 17.9 Å². The number of carbonyl (C=O) groups excluding carboxylic acids is 1. The Hall–Kier alpha value is -2.30.